The van der Waals surface area contributed by atoms with Crippen molar-refractivity contribution in [3.05, 3.63) is 88.0 Å². The van der Waals surface area contributed by atoms with Gasteiger partial charge < -0.3 is 14.9 Å². The van der Waals surface area contributed by atoms with Crippen LogP contribution in [0, 0.1) is 10.8 Å². The van der Waals surface area contributed by atoms with Crippen LogP contribution < -0.4 is 4.74 Å². The predicted molar refractivity (Wildman–Crippen MR) is 167 cm³/mol. The van der Waals surface area contributed by atoms with Gasteiger partial charge in [0.15, 0.2) is 5.78 Å². The van der Waals surface area contributed by atoms with E-state index in [1.807, 2.05) is 45.0 Å². The molecule has 0 heterocycles. The summed E-state index contributed by atoms with van der Waals surface area (Å²) in [5.41, 5.74) is 7.01. The number of carbonyl (C=O) groups excluding carboxylic acids is 1. The van der Waals surface area contributed by atoms with Crippen LogP contribution >= 0.6 is 0 Å². The van der Waals surface area contributed by atoms with Gasteiger partial charge in [-0.1, -0.05) is 58.6 Å². The number of ether oxygens (including phenoxy) is 1. The Balaban J connectivity index is 1.78. The molecule has 0 saturated heterocycles. The zero-order valence-electron chi connectivity index (χ0n) is 25.9. The van der Waals surface area contributed by atoms with E-state index < -0.39 is 11.0 Å². The summed E-state index contributed by atoms with van der Waals surface area (Å²) < 4.78 is 5.76. The first kappa shape index (κ1) is 29.1. The number of hydrogen-bond donors (Lipinski definition) is 2. The van der Waals surface area contributed by atoms with Crippen molar-refractivity contribution in [1.29, 1.82) is 0 Å². The summed E-state index contributed by atoms with van der Waals surface area (Å²) >= 11 is 0. The average Bonchev–Trinajstić information content (AvgIpc) is 2.86. The summed E-state index contributed by atoms with van der Waals surface area (Å²) in [5.74, 6) is 1.12. The van der Waals surface area contributed by atoms with Crippen LogP contribution in [0.25, 0.3) is 16.7 Å². The average molecular weight is 553 g/mol. The van der Waals surface area contributed by atoms with Crippen LogP contribution in [-0.2, 0) is 11.2 Å². The van der Waals surface area contributed by atoms with Gasteiger partial charge in [0.2, 0.25) is 0 Å². The van der Waals surface area contributed by atoms with E-state index in [4.69, 9.17) is 4.74 Å². The smallest absolute Gasteiger partial charge is 0.160 e. The number of phenolic OH excluding ortho intramolecular Hbond substituents is 1. The lowest BCUT2D eigenvalue weighted by Crippen LogP contribution is -2.58. The van der Waals surface area contributed by atoms with Crippen LogP contribution in [0.15, 0.2) is 71.4 Å². The molecule has 0 aromatic heterocycles. The molecule has 41 heavy (non-hydrogen) atoms. The number of benzene rings is 2. The summed E-state index contributed by atoms with van der Waals surface area (Å²) in [5, 5.41) is 24.5. The van der Waals surface area contributed by atoms with Crippen LogP contribution in [-0.4, -0.2) is 28.2 Å². The second kappa shape index (κ2) is 9.59. The number of hydrogen-bond acceptors (Lipinski definition) is 4. The van der Waals surface area contributed by atoms with Crippen LogP contribution in [0.3, 0.4) is 0 Å². The monoisotopic (exact) mass is 552 g/mol. The molecular weight excluding hydrogens is 508 g/mol. The second-order valence-electron chi connectivity index (χ2n) is 13.4. The molecule has 4 heteroatoms. The Morgan fingerprint density at radius 3 is 2.41 bits per heavy atom. The van der Waals surface area contributed by atoms with Crippen molar-refractivity contribution in [2.24, 2.45) is 10.8 Å². The minimum absolute atomic E-state index is 0.0694. The Morgan fingerprint density at radius 1 is 1.12 bits per heavy atom. The molecule has 0 bridgehead atoms. The highest BCUT2D eigenvalue weighted by atomic mass is 16.5. The van der Waals surface area contributed by atoms with Gasteiger partial charge in [0.25, 0.3) is 0 Å². The van der Waals surface area contributed by atoms with E-state index in [2.05, 4.69) is 46.9 Å². The van der Waals surface area contributed by atoms with Crippen molar-refractivity contribution in [2.75, 3.05) is 6.61 Å². The maximum atomic E-state index is 12.7. The molecule has 3 aliphatic rings. The zero-order valence-corrected chi connectivity index (χ0v) is 25.9. The summed E-state index contributed by atoms with van der Waals surface area (Å²) in [4.78, 5) is 12.7. The van der Waals surface area contributed by atoms with Gasteiger partial charge in [0, 0.05) is 22.1 Å². The van der Waals surface area contributed by atoms with E-state index in [-0.39, 0.29) is 22.9 Å². The molecule has 3 aliphatic carbocycles. The summed E-state index contributed by atoms with van der Waals surface area (Å²) in [6.07, 6.45) is 2.06. The lowest BCUT2D eigenvalue weighted by Gasteiger charge is -2.60. The number of allylic oxidation sites excluding steroid dienone is 3. The molecule has 2 aromatic carbocycles. The van der Waals surface area contributed by atoms with Crippen molar-refractivity contribution >= 4 is 11.4 Å². The standard InChI is InChI=1S/C37H44O4/c1-11-41-27-14-12-13-26(15-27)29-16-28(20(2)3)30-18-35(9)19-36(10)17-21(4)31(25(8)38)23(6)37(36,40)24(7)33(35)22(5)32(30)34(29)39/h12-16,20,39-40H,5-6,11,17-19H2,1-4,7-10H3/t35-,36+,37+/m1/s1. The van der Waals surface area contributed by atoms with Crippen molar-refractivity contribution in [1.82, 2.24) is 0 Å². The molecule has 0 saturated carbocycles. The summed E-state index contributed by atoms with van der Waals surface area (Å²) in [6.45, 7) is 25.8. The first-order valence-corrected chi connectivity index (χ1v) is 14.8. The third-order valence-corrected chi connectivity index (χ3v) is 10.0. The number of ketones is 1. The Morgan fingerprint density at radius 2 is 1.80 bits per heavy atom. The van der Waals surface area contributed by atoms with E-state index in [0.29, 0.717) is 30.6 Å². The number of aliphatic hydroxyl groups is 1. The Bertz CT molecular complexity index is 1580. The molecule has 216 valence electrons. The van der Waals surface area contributed by atoms with Gasteiger partial charge in [-0.15, -0.1) is 0 Å². The highest BCUT2D eigenvalue weighted by Crippen LogP contribution is 2.67. The molecule has 0 amide bonds. The Kier molecular flexibility index (Phi) is 6.82. The number of carbonyl (C=O) groups is 1. The molecule has 0 fully saturated rings. The third kappa shape index (κ3) is 4.01. The zero-order chi connectivity index (χ0) is 30.2. The quantitative estimate of drug-likeness (QED) is 0.390. The van der Waals surface area contributed by atoms with Gasteiger partial charge in [0.05, 0.1) is 6.61 Å². The maximum absolute atomic E-state index is 12.7. The summed E-state index contributed by atoms with van der Waals surface area (Å²) in [6, 6.07) is 9.96. The first-order valence-electron chi connectivity index (χ1n) is 14.8. The fourth-order valence-electron chi connectivity index (χ4n) is 8.73. The van der Waals surface area contributed by atoms with Crippen LogP contribution in [0.5, 0.6) is 11.5 Å². The fraction of sp³-hybridized carbons (Fsp3) is 0.432. The normalized spacial score (nSPS) is 27.6. The molecule has 0 spiro atoms. The van der Waals surface area contributed by atoms with Gasteiger partial charge in [-0.25, -0.2) is 0 Å². The minimum atomic E-state index is -1.39. The fourth-order valence-corrected chi connectivity index (χ4v) is 8.73. The highest BCUT2D eigenvalue weighted by molar-refractivity contribution is 6.00. The van der Waals surface area contributed by atoms with Gasteiger partial charge >= 0.3 is 0 Å². The lowest BCUT2D eigenvalue weighted by molar-refractivity contribution is -0.114. The van der Waals surface area contributed by atoms with Crippen molar-refractivity contribution in [3.63, 3.8) is 0 Å². The van der Waals surface area contributed by atoms with Crippen LogP contribution in [0.4, 0.5) is 0 Å². The largest absolute Gasteiger partial charge is 0.507 e. The molecular formula is C37H44O4. The minimum Gasteiger partial charge on any atom is -0.507 e. The number of rotatable bonds is 5. The Labute approximate surface area is 245 Å². The first-order chi connectivity index (χ1) is 19.1. The second-order valence-corrected chi connectivity index (χ2v) is 13.4. The number of Topliss-reactive ketones (excluding diaryl/α,β-unsaturated/α-hetero) is 1. The van der Waals surface area contributed by atoms with Crippen molar-refractivity contribution < 1.29 is 19.7 Å². The topological polar surface area (TPSA) is 66.8 Å². The van der Waals surface area contributed by atoms with Crippen molar-refractivity contribution in [3.8, 4) is 22.6 Å². The number of aromatic hydroxyl groups is 1. The van der Waals surface area contributed by atoms with E-state index in [1.165, 1.54) is 5.56 Å². The number of fused-ring (bicyclic) bond motifs is 3. The van der Waals surface area contributed by atoms with Crippen molar-refractivity contribution in [2.45, 2.75) is 86.2 Å². The number of phenols is 1. The van der Waals surface area contributed by atoms with Crippen LogP contribution in [0.1, 0.15) is 90.8 Å². The molecule has 0 unspecified atom stereocenters. The van der Waals surface area contributed by atoms with Gasteiger partial charge in [-0.3, -0.25) is 4.79 Å². The van der Waals surface area contributed by atoms with E-state index in [0.717, 1.165) is 56.7 Å². The SMILES string of the molecule is C=C1C2=C(C)[C@@]3(O)C(=C)C(C(C)=O)=C(C)C[C@@]3(C)C[C@@]2(C)Cc2c(C(C)C)cc(-c3cccc(OCC)c3)c(O)c21. The van der Waals surface area contributed by atoms with E-state index in [1.54, 1.807) is 6.92 Å². The van der Waals surface area contributed by atoms with E-state index >= 15 is 0 Å². The Hall–Kier alpha value is -3.37. The lowest BCUT2D eigenvalue weighted by atomic mass is 9.45. The van der Waals surface area contributed by atoms with E-state index in [9.17, 15) is 15.0 Å². The van der Waals surface area contributed by atoms with Crippen LogP contribution in [0.2, 0.25) is 0 Å². The summed E-state index contributed by atoms with van der Waals surface area (Å²) in [7, 11) is 0. The molecule has 0 aliphatic heterocycles. The molecule has 2 aromatic rings. The van der Waals surface area contributed by atoms with Gasteiger partial charge in [-0.2, -0.15) is 0 Å². The molecule has 4 nitrogen and oxygen atoms in total. The molecule has 0 radical (unpaired) electrons. The predicted octanol–water partition coefficient (Wildman–Crippen LogP) is 8.48. The third-order valence-electron chi connectivity index (χ3n) is 10.0. The molecule has 5 rings (SSSR count). The van der Waals surface area contributed by atoms with Gasteiger partial charge in [-0.05, 0) is 115 Å². The highest BCUT2D eigenvalue weighted by Gasteiger charge is 2.62. The maximum Gasteiger partial charge on any atom is 0.160 e. The molecule has 3 atom stereocenters. The molecule has 2 N–H and O–H groups in total. The van der Waals surface area contributed by atoms with Gasteiger partial charge in [0.1, 0.15) is 17.1 Å².